The molecule has 2 atom stereocenters. The third-order valence-corrected chi connectivity index (χ3v) is 3.16. The predicted octanol–water partition coefficient (Wildman–Crippen LogP) is 3.02. The van der Waals surface area contributed by atoms with Crippen LogP contribution in [0.25, 0.3) is 0 Å². The number of carbonyl (C=O) groups excluding carboxylic acids is 1. The van der Waals surface area contributed by atoms with Crippen LogP contribution in [0, 0.1) is 5.92 Å². The van der Waals surface area contributed by atoms with E-state index in [-0.39, 0.29) is 5.78 Å². The van der Waals surface area contributed by atoms with E-state index < -0.39 is 6.10 Å². The van der Waals surface area contributed by atoms with Crippen molar-refractivity contribution < 1.29 is 9.90 Å². The Balaban J connectivity index is 2.44. The molecule has 1 aliphatic carbocycles. The monoisotopic (exact) mass is 222 g/mol. The lowest BCUT2D eigenvalue weighted by Crippen LogP contribution is -2.24. The predicted molar refractivity (Wildman–Crippen MR) is 66.2 cm³/mol. The first kappa shape index (κ1) is 13.2. The topological polar surface area (TPSA) is 37.3 Å². The van der Waals surface area contributed by atoms with Crippen LogP contribution in [0.15, 0.2) is 23.8 Å². The van der Waals surface area contributed by atoms with Crippen LogP contribution in [0.3, 0.4) is 0 Å². The van der Waals surface area contributed by atoms with Crippen LogP contribution in [0.1, 0.15) is 46.0 Å². The molecule has 1 aliphatic rings. The Hall–Kier alpha value is -0.890. The largest absolute Gasteiger partial charge is 0.381 e. The van der Waals surface area contributed by atoms with Gasteiger partial charge in [0.15, 0.2) is 5.78 Å². The molecule has 0 saturated carbocycles. The number of rotatable bonds is 5. The average Bonchev–Trinajstić information content (AvgIpc) is 2.29. The first-order valence-corrected chi connectivity index (χ1v) is 6.16. The van der Waals surface area contributed by atoms with Gasteiger partial charge in [0.1, 0.15) is 6.10 Å². The van der Waals surface area contributed by atoms with E-state index in [0.717, 1.165) is 31.3 Å². The fourth-order valence-electron chi connectivity index (χ4n) is 1.97. The van der Waals surface area contributed by atoms with E-state index in [1.807, 2.05) is 25.2 Å². The quantitative estimate of drug-likeness (QED) is 0.726. The Labute approximate surface area is 98.1 Å². The second kappa shape index (κ2) is 6.64. The number of hydrogen-bond acceptors (Lipinski definition) is 2. The van der Waals surface area contributed by atoms with Crippen LogP contribution in [-0.2, 0) is 4.79 Å². The SMILES string of the molecule is C/C=C/CCC(=O)[C@H](O)C1=CCC(C)CC1. The van der Waals surface area contributed by atoms with Gasteiger partial charge in [-0.15, -0.1) is 0 Å². The first-order chi connectivity index (χ1) is 7.65. The van der Waals surface area contributed by atoms with Crippen LogP contribution >= 0.6 is 0 Å². The van der Waals surface area contributed by atoms with Crippen molar-refractivity contribution in [1.82, 2.24) is 0 Å². The molecule has 0 spiro atoms. The number of hydrogen-bond donors (Lipinski definition) is 1. The highest BCUT2D eigenvalue weighted by Gasteiger charge is 2.21. The summed E-state index contributed by atoms with van der Waals surface area (Å²) in [6.45, 7) is 4.14. The molecule has 2 heteroatoms. The van der Waals surface area contributed by atoms with Crippen LogP contribution in [-0.4, -0.2) is 17.0 Å². The molecular weight excluding hydrogens is 200 g/mol. The molecule has 1 N–H and O–H groups in total. The van der Waals surface area contributed by atoms with E-state index in [9.17, 15) is 9.90 Å². The molecule has 0 fully saturated rings. The number of aliphatic hydroxyl groups is 1. The molecule has 0 aromatic heterocycles. The molecule has 90 valence electrons. The van der Waals surface area contributed by atoms with E-state index in [1.54, 1.807) is 0 Å². The molecule has 16 heavy (non-hydrogen) atoms. The van der Waals surface area contributed by atoms with Crippen LogP contribution in [0.4, 0.5) is 0 Å². The number of carbonyl (C=O) groups is 1. The van der Waals surface area contributed by atoms with Crippen molar-refractivity contribution in [2.24, 2.45) is 5.92 Å². The third-order valence-electron chi connectivity index (χ3n) is 3.16. The fraction of sp³-hybridized carbons (Fsp3) is 0.643. The normalized spacial score (nSPS) is 23.2. The molecule has 0 aliphatic heterocycles. The summed E-state index contributed by atoms with van der Waals surface area (Å²) in [5, 5.41) is 9.89. The molecule has 0 amide bonds. The average molecular weight is 222 g/mol. The zero-order valence-corrected chi connectivity index (χ0v) is 10.3. The van der Waals surface area contributed by atoms with Crippen molar-refractivity contribution in [3.8, 4) is 0 Å². The van der Waals surface area contributed by atoms with Crippen LogP contribution in [0.2, 0.25) is 0 Å². The zero-order valence-electron chi connectivity index (χ0n) is 10.3. The van der Waals surface area contributed by atoms with Gasteiger partial charge in [-0.3, -0.25) is 4.79 Å². The van der Waals surface area contributed by atoms with Crippen LogP contribution in [0.5, 0.6) is 0 Å². The van der Waals surface area contributed by atoms with E-state index in [0.29, 0.717) is 12.3 Å². The number of aliphatic hydroxyl groups excluding tert-OH is 1. The first-order valence-electron chi connectivity index (χ1n) is 6.16. The molecule has 2 nitrogen and oxygen atoms in total. The highest BCUT2D eigenvalue weighted by atomic mass is 16.3. The van der Waals surface area contributed by atoms with Crippen molar-refractivity contribution in [3.63, 3.8) is 0 Å². The summed E-state index contributed by atoms with van der Waals surface area (Å²) in [6.07, 6.45) is 9.22. The molecule has 1 rings (SSSR count). The highest BCUT2D eigenvalue weighted by molar-refractivity contribution is 5.85. The van der Waals surface area contributed by atoms with Crippen molar-refractivity contribution >= 4 is 5.78 Å². The van der Waals surface area contributed by atoms with Gasteiger partial charge < -0.3 is 5.11 Å². The smallest absolute Gasteiger partial charge is 0.165 e. The lowest BCUT2D eigenvalue weighted by atomic mass is 9.87. The Morgan fingerprint density at radius 2 is 2.44 bits per heavy atom. The summed E-state index contributed by atoms with van der Waals surface area (Å²) >= 11 is 0. The summed E-state index contributed by atoms with van der Waals surface area (Å²) < 4.78 is 0. The molecule has 0 aromatic rings. The number of allylic oxidation sites excluding steroid dienone is 3. The minimum atomic E-state index is -0.849. The second-order valence-corrected chi connectivity index (χ2v) is 4.64. The summed E-state index contributed by atoms with van der Waals surface area (Å²) in [5.74, 6) is 0.646. The van der Waals surface area contributed by atoms with E-state index in [4.69, 9.17) is 0 Å². The maximum atomic E-state index is 11.7. The molecule has 1 unspecified atom stereocenters. The third kappa shape index (κ3) is 3.93. The van der Waals surface area contributed by atoms with Crippen molar-refractivity contribution in [2.75, 3.05) is 0 Å². The van der Waals surface area contributed by atoms with Gasteiger partial charge >= 0.3 is 0 Å². The summed E-state index contributed by atoms with van der Waals surface area (Å²) in [4.78, 5) is 11.7. The molecule has 0 bridgehead atoms. The van der Waals surface area contributed by atoms with Gasteiger partial charge in [0, 0.05) is 6.42 Å². The van der Waals surface area contributed by atoms with E-state index >= 15 is 0 Å². The molecule has 0 aromatic carbocycles. The van der Waals surface area contributed by atoms with Gasteiger partial charge in [0.25, 0.3) is 0 Å². The zero-order chi connectivity index (χ0) is 12.0. The van der Waals surface area contributed by atoms with Crippen LogP contribution < -0.4 is 0 Å². The summed E-state index contributed by atoms with van der Waals surface area (Å²) in [6, 6.07) is 0. The number of ketones is 1. The Morgan fingerprint density at radius 3 is 3.00 bits per heavy atom. The Bertz CT molecular complexity index is 289. The summed E-state index contributed by atoms with van der Waals surface area (Å²) in [7, 11) is 0. The van der Waals surface area contributed by atoms with Gasteiger partial charge in [-0.25, -0.2) is 0 Å². The Morgan fingerprint density at radius 1 is 1.69 bits per heavy atom. The molecule has 0 saturated heterocycles. The van der Waals surface area contributed by atoms with Crippen molar-refractivity contribution in [2.45, 2.75) is 52.1 Å². The number of Topliss-reactive ketones (excluding diaryl/α,β-unsaturated/α-hetero) is 1. The van der Waals surface area contributed by atoms with Gasteiger partial charge in [0.05, 0.1) is 0 Å². The van der Waals surface area contributed by atoms with Gasteiger partial charge in [-0.05, 0) is 44.1 Å². The second-order valence-electron chi connectivity index (χ2n) is 4.64. The van der Waals surface area contributed by atoms with E-state index in [1.165, 1.54) is 0 Å². The minimum absolute atomic E-state index is 0.0427. The fourth-order valence-corrected chi connectivity index (χ4v) is 1.97. The maximum Gasteiger partial charge on any atom is 0.165 e. The van der Waals surface area contributed by atoms with Gasteiger partial charge in [0.2, 0.25) is 0 Å². The van der Waals surface area contributed by atoms with Gasteiger partial charge in [-0.2, -0.15) is 0 Å². The summed E-state index contributed by atoms with van der Waals surface area (Å²) in [5.41, 5.74) is 0.934. The molecule has 0 heterocycles. The van der Waals surface area contributed by atoms with Crippen molar-refractivity contribution in [3.05, 3.63) is 23.8 Å². The maximum absolute atomic E-state index is 11.7. The Kier molecular flexibility index (Phi) is 5.47. The lowest BCUT2D eigenvalue weighted by molar-refractivity contribution is -0.125. The highest BCUT2D eigenvalue weighted by Crippen LogP contribution is 2.25. The van der Waals surface area contributed by atoms with Gasteiger partial charge in [-0.1, -0.05) is 25.2 Å². The lowest BCUT2D eigenvalue weighted by Gasteiger charge is -2.21. The molecular formula is C14H22O2. The van der Waals surface area contributed by atoms with E-state index in [2.05, 4.69) is 6.92 Å². The van der Waals surface area contributed by atoms with Crippen molar-refractivity contribution in [1.29, 1.82) is 0 Å². The minimum Gasteiger partial charge on any atom is -0.381 e. The molecule has 0 radical (unpaired) electrons. The standard InChI is InChI=1S/C14H22O2/c1-3-4-5-6-13(15)14(16)12-9-7-11(2)8-10-12/h3-4,9,11,14,16H,5-8,10H2,1-2H3/b4-3+/t11?,14-/m1/s1.